The number of carbonyl (C=O) groups excluding carboxylic acids is 1. The van der Waals surface area contributed by atoms with E-state index >= 15 is 0 Å². The summed E-state index contributed by atoms with van der Waals surface area (Å²) in [4.78, 5) is 17.3. The summed E-state index contributed by atoms with van der Waals surface area (Å²) in [7, 11) is 0.877. The Morgan fingerprint density at radius 1 is 1.06 bits per heavy atom. The molecule has 2 heterocycles. The van der Waals surface area contributed by atoms with Crippen LogP contribution >= 0.6 is 0 Å². The van der Waals surface area contributed by atoms with Crippen LogP contribution in [0.5, 0.6) is 11.5 Å². The zero-order valence-electron chi connectivity index (χ0n) is 18.9. The number of amides is 1. The first-order valence-electron chi connectivity index (χ1n) is 10.4. The van der Waals surface area contributed by atoms with Crippen molar-refractivity contribution in [2.75, 3.05) is 26.5 Å². The molecule has 0 atom stereocenters. The first kappa shape index (κ1) is 23.3. The number of nitrogens with zero attached hydrogens (tertiary/aromatic N) is 3. The Balaban J connectivity index is 1.48. The third-order valence-electron chi connectivity index (χ3n) is 5.11. The van der Waals surface area contributed by atoms with Crippen molar-refractivity contribution in [1.29, 1.82) is 0 Å². The predicted molar refractivity (Wildman–Crippen MR) is 128 cm³/mol. The van der Waals surface area contributed by atoms with Gasteiger partial charge in [-0.3, -0.25) is 4.79 Å². The highest BCUT2D eigenvalue weighted by Gasteiger charge is 2.18. The Labute approximate surface area is 197 Å². The molecule has 0 radical (unpaired) electrons. The van der Waals surface area contributed by atoms with Crippen LogP contribution in [-0.4, -0.2) is 49.2 Å². The molecule has 0 aliphatic rings. The van der Waals surface area contributed by atoms with Gasteiger partial charge in [0.2, 0.25) is 10.0 Å². The van der Waals surface area contributed by atoms with E-state index in [0.717, 1.165) is 15.6 Å². The number of carbonyl (C=O) groups is 1. The number of fused-ring (bicyclic) bond motifs is 1. The number of benzene rings is 2. The molecule has 34 heavy (non-hydrogen) atoms. The number of ether oxygens (including phenoxy) is 2. The summed E-state index contributed by atoms with van der Waals surface area (Å²) in [6, 6.07) is 16.5. The molecule has 4 aromatic rings. The Bertz CT molecular complexity index is 1400. The van der Waals surface area contributed by atoms with Crippen molar-refractivity contribution in [3.8, 4) is 11.5 Å². The van der Waals surface area contributed by atoms with Crippen LogP contribution in [0.2, 0.25) is 0 Å². The molecule has 10 heteroatoms. The molecule has 0 unspecified atom stereocenters. The summed E-state index contributed by atoms with van der Waals surface area (Å²) in [5.74, 6) is 0.579. The minimum absolute atomic E-state index is 0.112. The summed E-state index contributed by atoms with van der Waals surface area (Å²) in [5, 5.41) is 2.80. The van der Waals surface area contributed by atoms with E-state index in [1.54, 1.807) is 18.2 Å². The van der Waals surface area contributed by atoms with Crippen molar-refractivity contribution >= 4 is 27.3 Å². The van der Waals surface area contributed by atoms with Gasteiger partial charge in [0.25, 0.3) is 5.91 Å². The molecular weight excluding hydrogens is 456 g/mol. The Morgan fingerprint density at radius 2 is 1.82 bits per heavy atom. The third kappa shape index (κ3) is 4.87. The van der Waals surface area contributed by atoms with Gasteiger partial charge < -0.3 is 19.2 Å². The average Bonchev–Trinajstić information content (AvgIpc) is 3.26. The molecule has 0 saturated heterocycles. The van der Waals surface area contributed by atoms with Gasteiger partial charge in [-0.1, -0.05) is 6.07 Å². The van der Waals surface area contributed by atoms with Crippen LogP contribution in [0, 0.1) is 0 Å². The van der Waals surface area contributed by atoms with E-state index in [-0.39, 0.29) is 17.4 Å². The molecule has 0 aliphatic carbocycles. The van der Waals surface area contributed by atoms with Gasteiger partial charge in [-0.05, 0) is 48.5 Å². The zero-order valence-corrected chi connectivity index (χ0v) is 19.7. The number of rotatable bonds is 8. The summed E-state index contributed by atoms with van der Waals surface area (Å²) in [6.07, 6.45) is 3.79. The van der Waals surface area contributed by atoms with E-state index in [0.29, 0.717) is 22.7 Å². The van der Waals surface area contributed by atoms with Crippen molar-refractivity contribution in [1.82, 2.24) is 13.7 Å². The molecular formula is C24H24N4O5S. The maximum atomic E-state index is 12.7. The van der Waals surface area contributed by atoms with Crippen LogP contribution in [0.25, 0.3) is 5.65 Å². The summed E-state index contributed by atoms with van der Waals surface area (Å²) in [6.45, 7) is 0.219. The lowest BCUT2D eigenvalue weighted by Crippen LogP contribution is -2.22. The second kappa shape index (κ2) is 9.54. The number of imidazole rings is 1. The van der Waals surface area contributed by atoms with Crippen LogP contribution < -0.4 is 14.8 Å². The molecule has 2 aromatic heterocycles. The molecule has 1 N–H and O–H groups in total. The highest BCUT2D eigenvalue weighted by Crippen LogP contribution is 2.31. The largest absolute Gasteiger partial charge is 0.493 e. The fourth-order valence-corrected chi connectivity index (χ4v) is 4.17. The lowest BCUT2D eigenvalue weighted by atomic mass is 10.2. The molecule has 9 nitrogen and oxygen atoms in total. The SMILES string of the molecule is COc1ccc(NC(=O)c2ccc(S(=O)(=O)N(C)C)cc2)cc1OCc1cn2ccccc2n1. The number of methoxy groups -OCH3 is 1. The second-order valence-corrected chi connectivity index (χ2v) is 9.77. The van der Waals surface area contributed by atoms with Gasteiger partial charge in [-0.25, -0.2) is 17.7 Å². The van der Waals surface area contributed by atoms with E-state index < -0.39 is 10.0 Å². The van der Waals surface area contributed by atoms with Crippen LogP contribution in [0.1, 0.15) is 16.1 Å². The molecule has 4 rings (SSSR count). The van der Waals surface area contributed by atoms with Gasteiger partial charge in [-0.15, -0.1) is 0 Å². The Morgan fingerprint density at radius 3 is 2.50 bits per heavy atom. The third-order valence-corrected chi connectivity index (χ3v) is 6.94. The number of pyridine rings is 1. The normalized spacial score (nSPS) is 11.5. The van der Waals surface area contributed by atoms with Crippen molar-refractivity contribution < 1.29 is 22.7 Å². The molecule has 0 saturated carbocycles. The lowest BCUT2D eigenvalue weighted by Gasteiger charge is -2.13. The molecule has 176 valence electrons. The highest BCUT2D eigenvalue weighted by atomic mass is 32.2. The van der Waals surface area contributed by atoms with Crippen molar-refractivity contribution in [3.63, 3.8) is 0 Å². The fourth-order valence-electron chi connectivity index (χ4n) is 3.27. The zero-order chi connectivity index (χ0) is 24.3. The first-order valence-corrected chi connectivity index (χ1v) is 11.8. The van der Waals surface area contributed by atoms with Crippen LogP contribution in [0.15, 0.2) is 78.0 Å². The van der Waals surface area contributed by atoms with Crippen molar-refractivity contribution in [3.05, 3.63) is 84.3 Å². The fraction of sp³-hybridized carbons (Fsp3) is 0.167. The number of hydrogen-bond acceptors (Lipinski definition) is 6. The Hall–Kier alpha value is -3.89. The van der Waals surface area contributed by atoms with E-state index in [9.17, 15) is 13.2 Å². The van der Waals surface area contributed by atoms with E-state index in [2.05, 4.69) is 10.3 Å². The number of nitrogens with one attached hydrogen (secondary N) is 1. The minimum Gasteiger partial charge on any atom is -0.493 e. The molecule has 1 amide bonds. The van der Waals surface area contributed by atoms with Crippen LogP contribution in [0.4, 0.5) is 5.69 Å². The standard InChI is InChI=1S/C24H24N4O5S/c1-27(2)34(30,31)20-10-7-17(8-11-20)24(29)26-18-9-12-21(32-3)22(14-18)33-16-19-15-28-13-5-4-6-23(28)25-19/h4-15H,16H2,1-3H3,(H,26,29). The van der Waals surface area contributed by atoms with Gasteiger partial charge in [0.15, 0.2) is 11.5 Å². The Kier molecular flexibility index (Phi) is 6.53. The van der Waals surface area contributed by atoms with Crippen LogP contribution in [-0.2, 0) is 16.6 Å². The van der Waals surface area contributed by atoms with Crippen molar-refractivity contribution in [2.45, 2.75) is 11.5 Å². The molecule has 0 spiro atoms. The van der Waals surface area contributed by atoms with E-state index in [1.165, 1.54) is 45.5 Å². The summed E-state index contributed by atoms with van der Waals surface area (Å²) in [5.41, 5.74) is 2.38. The molecule has 0 fully saturated rings. The lowest BCUT2D eigenvalue weighted by molar-refractivity contribution is 0.102. The topological polar surface area (TPSA) is 102 Å². The summed E-state index contributed by atoms with van der Waals surface area (Å²) < 4.78 is 38.7. The predicted octanol–water partition coefficient (Wildman–Crippen LogP) is 3.42. The number of hydrogen-bond donors (Lipinski definition) is 1. The second-order valence-electron chi connectivity index (χ2n) is 7.62. The van der Waals surface area contributed by atoms with Crippen LogP contribution in [0.3, 0.4) is 0 Å². The number of anilines is 1. The van der Waals surface area contributed by atoms with Gasteiger partial charge in [-0.2, -0.15) is 0 Å². The first-order chi connectivity index (χ1) is 16.3. The highest BCUT2D eigenvalue weighted by molar-refractivity contribution is 7.89. The van der Waals surface area contributed by atoms with E-state index in [4.69, 9.17) is 9.47 Å². The number of sulfonamides is 1. The molecule has 2 aromatic carbocycles. The van der Waals surface area contributed by atoms with Gasteiger partial charge >= 0.3 is 0 Å². The van der Waals surface area contributed by atoms with E-state index in [1.807, 2.05) is 35.0 Å². The smallest absolute Gasteiger partial charge is 0.255 e. The number of aromatic nitrogens is 2. The minimum atomic E-state index is -3.56. The monoisotopic (exact) mass is 480 g/mol. The van der Waals surface area contributed by atoms with Gasteiger partial charge in [0, 0.05) is 43.8 Å². The summed E-state index contributed by atoms with van der Waals surface area (Å²) >= 11 is 0. The van der Waals surface area contributed by atoms with Gasteiger partial charge in [0.1, 0.15) is 12.3 Å². The average molecular weight is 481 g/mol. The molecule has 0 aliphatic heterocycles. The maximum absolute atomic E-state index is 12.7. The molecule has 0 bridgehead atoms. The quantitative estimate of drug-likeness (QED) is 0.415. The maximum Gasteiger partial charge on any atom is 0.255 e. The van der Waals surface area contributed by atoms with Crippen molar-refractivity contribution in [2.24, 2.45) is 0 Å². The van der Waals surface area contributed by atoms with Gasteiger partial charge in [0.05, 0.1) is 17.7 Å².